The third-order valence-corrected chi connectivity index (χ3v) is 4.91. The Morgan fingerprint density at radius 2 is 2.09 bits per heavy atom. The summed E-state index contributed by atoms with van der Waals surface area (Å²) in [5, 5.41) is 5.99. The Labute approximate surface area is 132 Å². The van der Waals surface area contributed by atoms with E-state index in [9.17, 15) is 4.79 Å². The van der Waals surface area contributed by atoms with Crippen molar-refractivity contribution in [2.45, 2.75) is 12.5 Å². The monoisotopic (exact) mass is 310 g/mol. The fraction of sp³-hybridized carbons (Fsp3) is 0.176. The van der Waals surface area contributed by atoms with Crippen LogP contribution in [0, 0.1) is 0 Å². The first-order valence-corrected chi connectivity index (χ1v) is 8.07. The third kappa shape index (κ3) is 2.23. The number of carbonyl (C=O) groups is 1. The SMILES string of the molecule is O=C(c1cc(-c2ccccc2)on1)N1CC[C@H]1c1cccs1. The van der Waals surface area contributed by atoms with Gasteiger partial charge in [0.05, 0.1) is 6.04 Å². The molecule has 0 saturated carbocycles. The lowest BCUT2D eigenvalue weighted by Crippen LogP contribution is -2.44. The van der Waals surface area contributed by atoms with Crippen LogP contribution in [-0.2, 0) is 0 Å². The van der Waals surface area contributed by atoms with Crippen molar-refractivity contribution in [1.82, 2.24) is 10.1 Å². The lowest BCUT2D eigenvalue weighted by atomic mass is 10.0. The molecule has 4 rings (SSSR count). The molecule has 0 spiro atoms. The van der Waals surface area contributed by atoms with Crippen molar-refractivity contribution < 1.29 is 9.32 Å². The van der Waals surface area contributed by atoms with E-state index in [0.717, 1.165) is 18.5 Å². The molecule has 3 aromatic rings. The van der Waals surface area contributed by atoms with E-state index in [1.54, 1.807) is 17.4 Å². The number of thiophene rings is 1. The molecule has 1 amide bonds. The molecule has 0 N–H and O–H groups in total. The molecule has 1 aliphatic rings. The Morgan fingerprint density at radius 3 is 2.77 bits per heavy atom. The first-order chi connectivity index (χ1) is 10.8. The van der Waals surface area contributed by atoms with E-state index in [-0.39, 0.29) is 11.9 Å². The smallest absolute Gasteiger partial charge is 0.276 e. The van der Waals surface area contributed by atoms with Crippen LogP contribution < -0.4 is 0 Å². The van der Waals surface area contributed by atoms with Gasteiger partial charge in [0.1, 0.15) is 0 Å². The molecule has 1 atom stereocenters. The van der Waals surface area contributed by atoms with E-state index in [0.29, 0.717) is 11.5 Å². The molecular weight excluding hydrogens is 296 g/mol. The average Bonchev–Trinajstić information content (AvgIpc) is 3.18. The minimum Gasteiger partial charge on any atom is -0.355 e. The maximum atomic E-state index is 12.6. The molecule has 0 unspecified atom stereocenters. The standard InChI is InChI=1S/C17H14N2O2S/c20-17(19-9-8-14(19)16-7-4-10-22-16)13-11-15(21-18-13)12-5-2-1-3-6-12/h1-7,10-11,14H,8-9H2/t14-/m0/s1. The summed E-state index contributed by atoms with van der Waals surface area (Å²) in [6.07, 6.45) is 1.01. The highest BCUT2D eigenvalue weighted by atomic mass is 32.1. The summed E-state index contributed by atoms with van der Waals surface area (Å²) in [6, 6.07) is 15.7. The van der Waals surface area contributed by atoms with Gasteiger partial charge in [-0.3, -0.25) is 4.79 Å². The fourth-order valence-electron chi connectivity index (χ4n) is 2.67. The molecule has 3 heterocycles. The molecular formula is C17H14N2O2S. The zero-order valence-electron chi connectivity index (χ0n) is 11.8. The number of hydrogen-bond acceptors (Lipinski definition) is 4. The molecule has 0 bridgehead atoms. The van der Waals surface area contributed by atoms with E-state index in [2.05, 4.69) is 11.2 Å². The van der Waals surface area contributed by atoms with Crippen LogP contribution in [0.15, 0.2) is 58.4 Å². The quantitative estimate of drug-likeness (QED) is 0.735. The van der Waals surface area contributed by atoms with Crippen LogP contribution >= 0.6 is 11.3 Å². The second-order valence-corrected chi connectivity index (χ2v) is 6.24. The van der Waals surface area contributed by atoms with Crippen molar-refractivity contribution in [3.8, 4) is 11.3 Å². The second-order valence-electron chi connectivity index (χ2n) is 5.26. The van der Waals surface area contributed by atoms with Gasteiger partial charge in [-0.1, -0.05) is 41.6 Å². The van der Waals surface area contributed by atoms with Gasteiger partial charge in [0.2, 0.25) is 0 Å². The van der Waals surface area contributed by atoms with E-state index < -0.39 is 0 Å². The third-order valence-electron chi connectivity index (χ3n) is 3.94. The first kappa shape index (κ1) is 13.3. The lowest BCUT2D eigenvalue weighted by molar-refractivity contribution is 0.0457. The molecule has 22 heavy (non-hydrogen) atoms. The van der Waals surface area contributed by atoms with Gasteiger partial charge >= 0.3 is 0 Å². The van der Waals surface area contributed by atoms with Crippen LogP contribution in [-0.4, -0.2) is 22.5 Å². The minimum absolute atomic E-state index is 0.0596. The highest BCUT2D eigenvalue weighted by molar-refractivity contribution is 7.10. The van der Waals surface area contributed by atoms with Crippen LogP contribution in [0.4, 0.5) is 0 Å². The number of rotatable bonds is 3. The first-order valence-electron chi connectivity index (χ1n) is 7.19. The van der Waals surface area contributed by atoms with Gasteiger partial charge in [-0.05, 0) is 17.9 Å². The Bertz CT molecular complexity index is 780. The Balaban J connectivity index is 1.55. The predicted octanol–water partition coefficient (Wildman–Crippen LogP) is 3.99. The molecule has 1 aliphatic heterocycles. The van der Waals surface area contributed by atoms with Crippen molar-refractivity contribution in [1.29, 1.82) is 0 Å². The predicted molar refractivity (Wildman–Crippen MR) is 84.7 cm³/mol. The van der Waals surface area contributed by atoms with Crippen molar-refractivity contribution >= 4 is 17.2 Å². The Kier molecular flexibility index (Phi) is 3.27. The van der Waals surface area contributed by atoms with E-state index in [4.69, 9.17) is 4.52 Å². The number of benzene rings is 1. The molecule has 4 nitrogen and oxygen atoms in total. The summed E-state index contributed by atoms with van der Waals surface area (Å²) in [5.41, 5.74) is 1.30. The zero-order chi connectivity index (χ0) is 14.9. The molecule has 5 heteroatoms. The van der Waals surface area contributed by atoms with Gasteiger partial charge in [-0.2, -0.15) is 0 Å². The van der Waals surface area contributed by atoms with Crippen LogP contribution in [0.25, 0.3) is 11.3 Å². The Morgan fingerprint density at radius 1 is 1.23 bits per heavy atom. The topological polar surface area (TPSA) is 46.3 Å². The molecule has 110 valence electrons. The number of aromatic nitrogens is 1. The summed E-state index contributed by atoms with van der Waals surface area (Å²) < 4.78 is 5.32. The summed E-state index contributed by atoms with van der Waals surface area (Å²) in [7, 11) is 0. The van der Waals surface area contributed by atoms with Crippen LogP contribution in [0.2, 0.25) is 0 Å². The number of amides is 1. The van der Waals surface area contributed by atoms with E-state index in [1.165, 1.54) is 4.88 Å². The fourth-order valence-corrected chi connectivity index (χ4v) is 3.54. The lowest BCUT2D eigenvalue weighted by Gasteiger charge is -2.39. The summed E-state index contributed by atoms with van der Waals surface area (Å²) in [6.45, 7) is 0.773. The maximum absolute atomic E-state index is 12.6. The van der Waals surface area contributed by atoms with Gasteiger partial charge in [0.25, 0.3) is 5.91 Å². The minimum atomic E-state index is -0.0596. The summed E-state index contributed by atoms with van der Waals surface area (Å²) in [5.74, 6) is 0.563. The largest absolute Gasteiger partial charge is 0.355 e. The van der Waals surface area contributed by atoms with Crippen molar-refractivity contribution in [2.24, 2.45) is 0 Å². The molecule has 1 fully saturated rings. The number of hydrogen-bond donors (Lipinski definition) is 0. The molecule has 2 aromatic heterocycles. The van der Waals surface area contributed by atoms with Gasteiger partial charge in [0.15, 0.2) is 11.5 Å². The summed E-state index contributed by atoms with van der Waals surface area (Å²) >= 11 is 1.69. The van der Waals surface area contributed by atoms with Crippen LogP contribution in [0.1, 0.15) is 27.8 Å². The molecule has 0 aliphatic carbocycles. The van der Waals surface area contributed by atoms with E-state index in [1.807, 2.05) is 46.7 Å². The normalized spacial score (nSPS) is 17.3. The van der Waals surface area contributed by atoms with E-state index >= 15 is 0 Å². The van der Waals surface area contributed by atoms with Gasteiger partial charge < -0.3 is 9.42 Å². The second kappa shape index (κ2) is 5.42. The van der Waals surface area contributed by atoms with Crippen molar-refractivity contribution in [2.75, 3.05) is 6.54 Å². The maximum Gasteiger partial charge on any atom is 0.276 e. The number of nitrogens with zero attached hydrogens (tertiary/aromatic N) is 2. The Hall–Kier alpha value is -2.40. The number of carbonyl (C=O) groups excluding carboxylic acids is 1. The van der Waals surface area contributed by atoms with Crippen molar-refractivity contribution in [3.05, 3.63) is 64.5 Å². The molecule has 1 saturated heterocycles. The zero-order valence-corrected chi connectivity index (χ0v) is 12.6. The van der Waals surface area contributed by atoms with Gasteiger partial charge in [-0.15, -0.1) is 11.3 Å². The van der Waals surface area contributed by atoms with Crippen molar-refractivity contribution in [3.63, 3.8) is 0 Å². The molecule has 0 radical (unpaired) electrons. The highest BCUT2D eigenvalue weighted by Crippen LogP contribution is 2.36. The number of likely N-dealkylation sites (tertiary alicyclic amines) is 1. The van der Waals surface area contributed by atoms with Crippen LogP contribution in [0.5, 0.6) is 0 Å². The highest BCUT2D eigenvalue weighted by Gasteiger charge is 2.35. The van der Waals surface area contributed by atoms with Crippen LogP contribution in [0.3, 0.4) is 0 Å². The summed E-state index contributed by atoms with van der Waals surface area (Å²) in [4.78, 5) is 15.7. The van der Waals surface area contributed by atoms with Gasteiger partial charge in [0, 0.05) is 23.1 Å². The molecule has 1 aromatic carbocycles. The average molecular weight is 310 g/mol. The van der Waals surface area contributed by atoms with Gasteiger partial charge in [-0.25, -0.2) is 0 Å².